The van der Waals surface area contributed by atoms with Crippen molar-refractivity contribution in [3.05, 3.63) is 75.9 Å². The van der Waals surface area contributed by atoms with Gasteiger partial charge in [-0.2, -0.15) is 0 Å². The molecule has 0 aliphatic carbocycles. The summed E-state index contributed by atoms with van der Waals surface area (Å²) in [5, 5.41) is 0.753. The second-order valence-electron chi connectivity index (χ2n) is 4.68. The summed E-state index contributed by atoms with van der Waals surface area (Å²) in [7, 11) is 0. The Balaban J connectivity index is 2.14. The number of halogens is 2. The Morgan fingerprint density at radius 1 is 0.850 bits per heavy atom. The average molecular weight is 347 g/mol. The Kier molecular flexibility index (Phi) is 3.68. The quantitative estimate of drug-likeness (QED) is 0.547. The van der Waals surface area contributed by atoms with Gasteiger partial charge in [0, 0.05) is 20.9 Å². The Morgan fingerprint density at radius 2 is 1.50 bits per heavy atom. The number of nitrogens with zero attached hydrogens (tertiary/aromatic N) is 1. The molecule has 3 aromatic rings. The van der Waals surface area contributed by atoms with Gasteiger partial charge in [-0.3, -0.25) is 0 Å². The predicted molar refractivity (Wildman–Crippen MR) is 88.7 cm³/mol. The van der Waals surface area contributed by atoms with Crippen LogP contribution in [0.2, 0.25) is 5.02 Å². The minimum absolute atomic E-state index is 0.753. The Labute approximate surface area is 132 Å². The molecule has 3 heteroatoms. The fourth-order valence-electron chi connectivity index (χ4n) is 2.32. The molecule has 0 saturated carbocycles. The Morgan fingerprint density at radius 3 is 2.15 bits per heavy atom. The van der Waals surface area contributed by atoms with Crippen molar-refractivity contribution in [3.63, 3.8) is 0 Å². The first-order valence-electron chi connectivity index (χ1n) is 6.35. The summed E-state index contributed by atoms with van der Waals surface area (Å²) in [6, 6.07) is 20.5. The summed E-state index contributed by atoms with van der Waals surface area (Å²) in [5.41, 5.74) is 4.69. The van der Waals surface area contributed by atoms with Crippen molar-refractivity contribution in [1.29, 1.82) is 0 Å². The fourth-order valence-corrected chi connectivity index (χ4v) is 2.71. The molecule has 0 unspecified atom stereocenters. The highest BCUT2D eigenvalue weighted by atomic mass is 79.9. The molecule has 0 aliphatic rings. The van der Waals surface area contributed by atoms with Crippen molar-refractivity contribution in [1.82, 2.24) is 4.57 Å². The van der Waals surface area contributed by atoms with Crippen LogP contribution in [0.15, 0.2) is 65.1 Å². The molecular formula is C17H13BrClN. The molecule has 0 amide bonds. The number of hydrogen-bond donors (Lipinski definition) is 0. The van der Waals surface area contributed by atoms with E-state index in [0.29, 0.717) is 0 Å². The summed E-state index contributed by atoms with van der Waals surface area (Å²) >= 11 is 9.45. The van der Waals surface area contributed by atoms with Crippen LogP contribution in [0.25, 0.3) is 16.9 Å². The number of rotatable bonds is 2. The van der Waals surface area contributed by atoms with Crippen LogP contribution >= 0.6 is 27.5 Å². The molecule has 0 fully saturated rings. The van der Waals surface area contributed by atoms with Crippen LogP contribution in [0.3, 0.4) is 0 Å². The van der Waals surface area contributed by atoms with Crippen molar-refractivity contribution in [2.45, 2.75) is 6.92 Å². The highest BCUT2D eigenvalue weighted by Gasteiger charge is 2.09. The topological polar surface area (TPSA) is 4.93 Å². The molecule has 0 aliphatic heterocycles. The van der Waals surface area contributed by atoms with Crippen LogP contribution in [0.4, 0.5) is 0 Å². The SMILES string of the molecule is Cc1ccc(-c2ccc(Br)cc2)n1-c1ccc(Cl)cc1. The van der Waals surface area contributed by atoms with Crippen molar-refractivity contribution < 1.29 is 0 Å². The van der Waals surface area contributed by atoms with E-state index in [1.54, 1.807) is 0 Å². The van der Waals surface area contributed by atoms with E-state index < -0.39 is 0 Å². The molecule has 3 rings (SSSR count). The lowest BCUT2D eigenvalue weighted by Crippen LogP contribution is -1.98. The summed E-state index contributed by atoms with van der Waals surface area (Å²) < 4.78 is 3.32. The molecule has 20 heavy (non-hydrogen) atoms. The van der Waals surface area contributed by atoms with Crippen molar-refractivity contribution >= 4 is 27.5 Å². The molecule has 0 saturated heterocycles. The van der Waals surface area contributed by atoms with Crippen LogP contribution in [0.5, 0.6) is 0 Å². The molecule has 2 aromatic carbocycles. The van der Waals surface area contributed by atoms with E-state index in [4.69, 9.17) is 11.6 Å². The maximum atomic E-state index is 5.97. The van der Waals surface area contributed by atoms with Gasteiger partial charge in [-0.25, -0.2) is 0 Å². The van der Waals surface area contributed by atoms with Gasteiger partial charge in [0.05, 0.1) is 5.69 Å². The lowest BCUT2D eigenvalue weighted by atomic mass is 10.1. The Bertz CT molecular complexity index is 727. The zero-order chi connectivity index (χ0) is 14.1. The minimum Gasteiger partial charge on any atom is -0.314 e. The lowest BCUT2D eigenvalue weighted by Gasteiger charge is -2.12. The zero-order valence-electron chi connectivity index (χ0n) is 11.0. The molecule has 1 heterocycles. The first kappa shape index (κ1) is 13.5. The molecule has 0 radical (unpaired) electrons. The smallest absolute Gasteiger partial charge is 0.0531 e. The average Bonchev–Trinajstić information content (AvgIpc) is 2.83. The molecule has 0 N–H and O–H groups in total. The second-order valence-corrected chi connectivity index (χ2v) is 6.03. The van der Waals surface area contributed by atoms with Gasteiger partial charge in [0.2, 0.25) is 0 Å². The minimum atomic E-state index is 0.753. The van der Waals surface area contributed by atoms with Gasteiger partial charge in [-0.05, 0) is 61.0 Å². The maximum Gasteiger partial charge on any atom is 0.0531 e. The monoisotopic (exact) mass is 345 g/mol. The standard InChI is InChI=1S/C17H13BrClN/c1-12-2-11-17(13-3-5-14(18)6-4-13)20(12)16-9-7-15(19)8-10-16/h2-11H,1H3. The highest BCUT2D eigenvalue weighted by molar-refractivity contribution is 9.10. The largest absolute Gasteiger partial charge is 0.314 e. The number of benzene rings is 2. The second kappa shape index (κ2) is 5.47. The third-order valence-corrected chi connectivity index (χ3v) is 4.08. The van der Waals surface area contributed by atoms with Crippen LogP contribution in [-0.2, 0) is 0 Å². The van der Waals surface area contributed by atoms with Crippen molar-refractivity contribution in [3.8, 4) is 16.9 Å². The van der Waals surface area contributed by atoms with Gasteiger partial charge in [0.25, 0.3) is 0 Å². The van der Waals surface area contributed by atoms with Crippen LogP contribution < -0.4 is 0 Å². The van der Waals surface area contributed by atoms with Crippen LogP contribution in [-0.4, -0.2) is 4.57 Å². The lowest BCUT2D eigenvalue weighted by molar-refractivity contribution is 1.02. The third kappa shape index (κ3) is 2.54. The van der Waals surface area contributed by atoms with E-state index in [9.17, 15) is 0 Å². The van der Waals surface area contributed by atoms with Gasteiger partial charge in [-0.15, -0.1) is 0 Å². The van der Waals surface area contributed by atoms with Gasteiger partial charge in [0.1, 0.15) is 0 Å². The van der Waals surface area contributed by atoms with Crippen LogP contribution in [0, 0.1) is 6.92 Å². The van der Waals surface area contributed by atoms with Crippen molar-refractivity contribution in [2.24, 2.45) is 0 Å². The molecule has 1 nitrogen and oxygen atoms in total. The van der Waals surface area contributed by atoms with E-state index in [1.165, 1.54) is 17.0 Å². The van der Waals surface area contributed by atoms with E-state index in [0.717, 1.165) is 15.2 Å². The third-order valence-electron chi connectivity index (χ3n) is 3.30. The highest BCUT2D eigenvalue weighted by Crippen LogP contribution is 2.28. The fraction of sp³-hybridized carbons (Fsp3) is 0.0588. The zero-order valence-corrected chi connectivity index (χ0v) is 13.3. The predicted octanol–water partition coefficient (Wildman–Crippen LogP) is 5.87. The van der Waals surface area contributed by atoms with E-state index >= 15 is 0 Å². The van der Waals surface area contributed by atoms with Gasteiger partial charge >= 0.3 is 0 Å². The van der Waals surface area contributed by atoms with Crippen molar-refractivity contribution in [2.75, 3.05) is 0 Å². The first-order valence-corrected chi connectivity index (χ1v) is 7.52. The Hall–Kier alpha value is -1.51. The summed E-state index contributed by atoms with van der Waals surface area (Å²) in [5.74, 6) is 0. The molecule has 0 bridgehead atoms. The van der Waals surface area contributed by atoms with Gasteiger partial charge in [0.15, 0.2) is 0 Å². The molecule has 0 atom stereocenters. The summed E-state index contributed by atoms with van der Waals surface area (Å²) in [6.07, 6.45) is 0. The molecule has 1 aromatic heterocycles. The summed E-state index contributed by atoms with van der Waals surface area (Å²) in [4.78, 5) is 0. The number of aryl methyl sites for hydroxylation is 1. The van der Waals surface area contributed by atoms with Gasteiger partial charge in [-0.1, -0.05) is 39.7 Å². The molecule has 0 spiro atoms. The van der Waals surface area contributed by atoms with Gasteiger partial charge < -0.3 is 4.57 Å². The molecular weight excluding hydrogens is 334 g/mol. The van der Waals surface area contributed by atoms with E-state index in [1.807, 2.05) is 24.3 Å². The first-order chi connectivity index (χ1) is 9.65. The van der Waals surface area contributed by atoms with E-state index in [-0.39, 0.29) is 0 Å². The van der Waals surface area contributed by atoms with E-state index in [2.05, 4.69) is 63.8 Å². The normalized spacial score (nSPS) is 10.8. The summed E-state index contributed by atoms with van der Waals surface area (Å²) in [6.45, 7) is 2.11. The van der Waals surface area contributed by atoms with Crippen LogP contribution in [0.1, 0.15) is 5.69 Å². The maximum absolute atomic E-state index is 5.97. The molecule has 100 valence electrons. The number of aromatic nitrogens is 1. The number of hydrogen-bond acceptors (Lipinski definition) is 0.